The number of nitrogens with zero attached hydrogens (tertiary/aromatic N) is 1. The fourth-order valence-electron chi connectivity index (χ4n) is 4.28. The summed E-state index contributed by atoms with van der Waals surface area (Å²) in [5, 5.41) is 11.6. The van der Waals surface area contributed by atoms with Gasteiger partial charge >= 0.3 is 0 Å². The molecule has 1 saturated carbocycles. The molecule has 1 aliphatic heterocycles. The molecule has 0 radical (unpaired) electrons. The Hall–Kier alpha value is -1.99. The summed E-state index contributed by atoms with van der Waals surface area (Å²) in [6.07, 6.45) is 6.32. The van der Waals surface area contributed by atoms with Gasteiger partial charge in [-0.25, -0.2) is 9.87 Å². The number of halogens is 1. The molecule has 1 aliphatic carbocycles. The van der Waals surface area contributed by atoms with Gasteiger partial charge in [-0.15, -0.1) is 0 Å². The molecule has 2 amide bonds. The predicted octanol–water partition coefficient (Wildman–Crippen LogP) is 2.39. The average Bonchev–Trinajstić information content (AvgIpc) is 2.63. The Morgan fingerprint density at radius 2 is 2.11 bits per heavy atom. The first kappa shape index (κ1) is 19.8. The van der Waals surface area contributed by atoms with E-state index in [1.54, 1.807) is 11.5 Å². The van der Waals surface area contributed by atoms with Gasteiger partial charge in [0.15, 0.2) is 0 Å². The third-order valence-electron chi connectivity index (χ3n) is 5.90. The smallest absolute Gasteiger partial charge is 0.274 e. The number of hydrogen-bond donors (Lipinski definition) is 3. The standard InChI is InChI=1S/C20H28FN3O3/c1-13(25)22-8-3-2-4-14-5-6-19(14)24-9-7-15-10-16(20(26)23-27)11-18(21)17(15)12-24/h10-11,14,19,27H,2-9,12H2,1H3,(H,22,25)(H,23,26). The Morgan fingerprint density at radius 3 is 2.78 bits per heavy atom. The third-order valence-corrected chi connectivity index (χ3v) is 5.90. The molecule has 3 N–H and O–H groups in total. The van der Waals surface area contributed by atoms with Gasteiger partial charge in [0.05, 0.1) is 0 Å². The summed E-state index contributed by atoms with van der Waals surface area (Å²) in [6, 6.07) is 3.38. The van der Waals surface area contributed by atoms with Crippen LogP contribution < -0.4 is 10.8 Å². The van der Waals surface area contributed by atoms with Crippen LogP contribution in [0, 0.1) is 11.7 Å². The van der Waals surface area contributed by atoms with Crippen LogP contribution in [0.2, 0.25) is 0 Å². The first-order valence-electron chi connectivity index (χ1n) is 9.73. The van der Waals surface area contributed by atoms with E-state index in [4.69, 9.17) is 5.21 Å². The number of carbonyl (C=O) groups is 2. The summed E-state index contributed by atoms with van der Waals surface area (Å²) in [5.41, 5.74) is 3.25. The van der Waals surface area contributed by atoms with Crippen molar-refractivity contribution in [2.45, 2.75) is 58.0 Å². The maximum absolute atomic E-state index is 14.5. The lowest BCUT2D eigenvalue weighted by Gasteiger charge is -2.46. The highest BCUT2D eigenvalue weighted by molar-refractivity contribution is 5.93. The van der Waals surface area contributed by atoms with Crippen LogP contribution in [0.25, 0.3) is 0 Å². The molecule has 0 saturated heterocycles. The topological polar surface area (TPSA) is 81.7 Å². The van der Waals surface area contributed by atoms with E-state index in [1.807, 2.05) is 0 Å². The lowest BCUT2D eigenvalue weighted by atomic mass is 9.74. The van der Waals surface area contributed by atoms with Crippen molar-refractivity contribution in [2.75, 3.05) is 13.1 Å². The summed E-state index contributed by atoms with van der Waals surface area (Å²) < 4.78 is 14.5. The quantitative estimate of drug-likeness (QED) is 0.387. The van der Waals surface area contributed by atoms with Crippen LogP contribution in [-0.4, -0.2) is 41.1 Å². The van der Waals surface area contributed by atoms with Crippen molar-refractivity contribution in [3.63, 3.8) is 0 Å². The molecule has 1 aromatic carbocycles. The summed E-state index contributed by atoms with van der Waals surface area (Å²) in [5.74, 6) is -0.393. The van der Waals surface area contributed by atoms with E-state index in [0.29, 0.717) is 30.5 Å². The molecule has 0 aromatic heterocycles. The van der Waals surface area contributed by atoms with Crippen LogP contribution in [-0.2, 0) is 17.8 Å². The zero-order chi connectivity index (χ0) is 19.4. The van der Waals surface area contributed by atoms with Gasteiger partial charge in [0.25, 0.3) is 5.91 Å². The Morgan fingerprint density at radius 1 is 1.30 bits per heavy atom. The van der Waals surface area contributed by atoms with Gasteiger partial charge in [0.1, 0.15) is 5.82 Å². The van der Waals surface area contributed by atoms with E-state index in [-0.39, 0.29) is 17.3 Å². The highest BCUT2D eigenvalue weighted by Gasteiger charge is 2.36. The van der Waals surface area contributed by atoms with Crippen molar-refractivity contribution in [1.82, 2.24) is 15.7 Å². The van der Waals surface area contributed by atoms with Gasteiger partial charge in [-0.2, -0.15) is 0 Å². The number of benzene rings is 1. The largest absolute Gasteiger partial charge is 0.356 e. The van der Waals surface area contributed by atoms with Crippen molar-refractivity contribution < 1.29 is 19.2 Å². The number of carbonyl (C=O) groups excluding carboxylic acids is 2. The number of unbranched alkanes of at least 4 members (excludes halogenated alkanes) is 1. The third kappa shape index (κ3) is 4.65. The normalized spacial score (nSPS) is 21.9. The monoisotopic (exact) mass is 377 g/mol. The number of fused-ring (bicyclic) bond motifs is 1. The minimum atomic E-state index is -0.683. The second kappa shape index (κ2) is 8.80. The van der Waals surface area contributed by atoms with E-state index < -0.39 is 5.91 Å². The minimum absolute atomic E-state index is 0.0187. The molecule has 2 unspecified atom stereocenters. The van der Waals surface area contributed by atoms with Crippen LogP contribution in [0.5, 0.6) is 0 Å². The molecule has 1 heterocycles. The first-order valence-corrected chi connectivity index (χ1v) is 9.73. The number of nitrogens with one attached hydrogen (secondary N) is 2. The maximum atomic E-state index is 14.5. The lowest BCUT2D eigenvalue weighted by molar-refractivity contribution is -0.118. The average molecular weight is 377 g/mol. The summed E-state index contributed by atoms with van der Waals surface area (Å²) in [7, 11) is 0. The predicted molar refractivity (Wildman–Crippen MR) is 98.8 cm³/mol. The zero-order valence-electron chi connectivity index (χ0n) is 15.8. The Kier molecular flexibility index (Phi) is 6.44. The molecule has 27 heavy (non-hydrogen) atoms. The molecule has 2 aliphatic rings. The van der Waals surface area contributed by atoms with E-state index in [9.17, 15) is 14.0 Å². The van der Waals surface area contributed by atoms with Crippen molar-refractivity contribution in [3.8, 4) is 0 Å². The maximum Gasteiger partial charge on any atom is 0.274 e. The van der Waals surface area contributed by atoms with Crippen molar-refractivity contribution in [1.29, 1.82) is 0 Å². The second-order valence-electron chi connectivity index (χ2n) is 7.64. The molecule has 0 spiro atoms. The molecular weight excluding hydrogens is 349 g/mol. The molecule has 148 valence electrons. The zero-order valence-corrected chi connectivity index (χ0v) is 15.8. The van der Waals surface area contributed by atoms with Gasteiger partial charge in [0, 0.05) is 43.7 Å². The molecule has 1 fully saturated rings. The van der Waals surface area contributed by atoms with Crippen LogP contribution >= 0.6 is 0 Å². The van der Waals surface area contributed by atoms with Crippen LogP contribution in [0.3, 0.4) is 0 Å². The summed E-state index contributed by atoms with van der Waals surface area (Å²) >= 11 is 0. The molecule has 3 rings (SSSR count). The molecule has 1 aromatic rings. The van der Waals surface area contributed by atoms with Gasteiger partial charge in [-0.05, 0) is 55.7 Å². The molecule has 7 heteroatoms. The van der Waals surface area contributed by atoms with Crippen LogP contribution in [0.1, 0.15) is 60.5 Å². The van der Waals surface area contributed by atoms with E-state index in [1.165, 1.54) is 19.4 Å². The van der Waals surface area contributed by atoms with Gasteiger partial charge in [-0.1, -0.05) is 6.42 Å². The Balaban J connectivity index is 1.55. The fourth-order valence-corrected chi connectivity index (χ4v) is 4.28. The highest BCUT2D eigenvalue weighted by Crippen LogP contribution is 2.38. The lowest BCUT2D eigenvalue weighted by Crippen LogP contribution is -2.49. The van der Waals surface area contributed by atoms with E-state index in [0.717, 1.165) is 44.3 Å². The van der Waals surface area contributed by atoms with Crippen molar-refractivity contribution >= 4 is 11.8 Å². The SMILES string of the molecule is CC(=O)NCCCCC1CCC1N1CCc2cc(C(=O)NO)cc(F)c2C1. The number of rotatable bonds is 7. The first-order chi connectivity index (χ1) is 13.0. The number of amides is 2. The van der Waals surface area contributed by atoms with E-state index >= 15 is 0 Å². The Bertz CT molecular complexity index is 710. The highest BCUT2D eigenvalue weighted by atomic mass is 19.1. The molecule has 6 nitrogen and oxygen atoms in total. The van der Waals surface area contributed by atoms with Gasteiger partial charge in [-0.3, -0.25) is 19.7 Å². The summed E-state index contributed by atoms with van der Waals surface area (Å²) in [4.78, 5) is 24.8. The van der Waals surface area contributed by atoms with E-state index in [2.05, 4.69) is 10.2 Å². The number of hydroxylamine groups is 1. The van der Waals surface area contributed by atoms with Gasteiger partial charge < -0.3 is 5.32 Å². The van der Waals surface area contributed by atoms with Crippen molar-refractivity contribution in [2.24, 2.45) is 5.92 Å². The van der Waals surface area contributed by atoms with Crippen LogP contribution in [0.15, 0.2) is 12.1 Å². The minimum Gasteiger partial charge on any atom is -0.356 e. The molecule has 2 atom stereocenters. The van der Waals surface area contributed by atoms with Gasteiger partial charge in [0.2, 0.25) is 5.91 Å². The Labute approximate surface area is 159 Å². The molecular formula is C20H28FN3O3. The second-order valence-corrected chi connectivity index (χ2v) is 7.64. The summed E-state index contributed by atoms with van der Waals surface area (Å²) in [6.45, 7) is 3.71. The fraction of sp³-hybridized carbons (Fsp3) is 0.600. The number of hydrogen-bond acceptors (Lipinski definition) is 4. The van der Waals surface area contributed by atoms with Crippen LogP contribution in [0.4, 0.5) is 4.39 Å². The molecule has 0 bridgehead atoms. The van der Waals surface area contributed by atoms with Crippen molar-refractivity contribution in [3.05, 3.63) is 34.6 Å².